The van der Waals surface area contributed by atoms with E-state index in [9.17, 15) is 0 Å². The van der Waals surface area contributed by atoms with Crippen LogP contribution in [0.2, 0.25) is 0 Å². The highest BCUT2D eigenvalue weighted by atomic mass is 32.2. The van der Waals surface area contributed by atoms with E-state index in [1.807, 2.05) is 0 Å². The Kier molecular flexibility index (Phi) is 4.99. The Morgan fingerprint density at radius 3 is 2.70 bits per heavy atom. The van der Waals surface area contributed by atoms with Crippen molar-refractivity contribution in [2.24, 2.45) is 5.92 Å². The largest absolute Gasteiger partial charge is 0.298 e. The van der Waals surface area contributed by atoms with Gasteiger partial charge in [0.1, 0.15) is 0 Å². The number of rotatable bonds is 4. The first-order valence-electron chi connectivity index (χ1n) is 8.80. The van der Waals surface area contributed by atoms with E-state index in [-0.39, 0.29) is 0 Å². The Hall–Kier alpha value is 0.270. The molecule has 4 atom stereocenters. The Bertz CT molecular complexity index is 320. The molecule has 116 valence electrons. The SMILES string of the molecule is CCSC1CCC(N2CC3CCCN3CC2C(C)C)C1. The fourth-order valence-electron chi connectivity index (χ4n) is 4.69. The predicted molar refractivity (Wildman–Crippen MR) is 89.5 cm³/mol. The lowest BCUT2D eigenvalue weighted by atomic mass is 9.95. The van der Waals surface area contributed by atoms with E-state index in [1.165, 1.54) is 57.5 Å². The molecular formula is C17H32N2S. The molecule has 0 spiro atoms. The van der Waals surface area contributed by atoms with E-state index in [4.69, 9.17) is 0 Å². The molecule has 0 aromatic heterocycles. The minimum Gasteiger partial charge on any atom is -0.298 e. The molecule has 2 saturated heterocycles. The maximum Gasteiger partial charge on any atom is 0.0249 e. The van der Waals surface area contributed by atoms with Gasteiger partial charge >= 0.3 is 0 Å². The topological polar surface area (TPSA) is 6.48 Å². The van der Waals surface area contributed by atoms with Gasteiger partial charge in [-0.2, -0.15) is 11.8 Å². The standard InChI is InChI=1S/C17H32N2S/c1-4-20-16-8-7-14(10-16)19-11-15-6-5-9-18(15)12-17(19)13(2)3/h13-17H,4-12H2,1-3H3. The molecule has 3 rings (SSSR count). The average molecular weight is 297 g/mol. The van der Waals surface area contributed by atoms with Crippen LogP contribution < -0.4 is 0 Å². The molecule has 2 heterocycles. The second-order valence-electron chi connectivity index (χ2n) is 7.34. The third-order valence-electron chi connectivity index (χ3n) is 5.77. The lowest BCUT2D eigenvalue weighted by Gasteiger charge is -2.48. The highest BCUT2D eigenvalue weighted by Gasteiger charge is 2.41. The Balaban J connectivity index is 1.66. The van der Waals surface area contributed by atoms with Crippen LogP contribution in [0.15, 0.2) is 0 Å². The zero-order valence-electron chi connectivity index (χ0n) is 13.6. The zero-order valence-corrected chi connectivity index (χ0v) is 14.4. The molecule has 2 nitrogen and oxygen atoms in total. The first kappa shape index (κ1) is 15.2. The first-order valence-corrected chi connectivity index (χ1v) is 9.85. The number of piperazine rings is 1. The van der Waals surface area contributed by atoms with Crippen molar-refractivity contribution >= 4 is 11.8 Å². The molecule has 20 heavy (non-hydrogen) atoms. The molecule has 0 radical (unpaired) electrons. The van der Waals surface area contributed by atoms with E-state index in [0.717, 1.165) is 29.3 Å². The first-order chi connectivity index (χ1) is 9.69. The van der Waals surface area contributed by atoms with E-state index in [0.29, 0.717) is 0 Å². The molecule has 4 unspecified atom stereocenters. The molecule has 3 fully saturated rings. The highest BCUT2D eigenvalue weighted by molar-refractivity contribution is 7.99. The second kappa shape index (κ2) is 6.58. The lowest BCUT2D eigenvalue weighted by molar-refractivity contribution is 0.00190. The summed E-state index contributed by atoms with van der Waals surface area (Å²) in [6.07, 6.45) is 7.24. The van der Waals surface area contributed by atoms with E-state index < -0.39 is 0 Å². The lowest BCUT2D eigenvalue weighted by Crippen LogP contribution is -2.60. The number of fused-ring (bicyclic) bond motifs is 1. The number of hydrogen-bond acceptors (Lipinski definition) is 3. The van der Waals surface area contributed by atoms with Crippen molar-refractivity contribution in [3.8, 4) is 0 Å². The summed E-state index contributed by atoms with van der Waals surface area (Å²) in [6, 6.07) is 2.57. The summed E-state index contributed by atoms with van der Waals surface area (Å²) in [5, 5.41) is 0.944. The van der Waals surface area contributed by atoms with Gasteiger partial charge in [-0.3, -0.25) is 9.80 Å². The summed E-state index contributed by atoms with van der Waals surface area (Å²) in [5.41, 5.74) is 0. The number of thioether (sulfide) groups is 1. The third kappa shape index (κ3) is 3.05. The van der Waals surface area contributed by atoms with Gasteiger partial charge in [0.25, 0.3) is 0 Å². The molecule has 2 aliphatic heterocycles. The molecular weight excluding hydrogens is 264 g/mol. The van der Waals surface area contributed by atoms with E-state index in [2.05, 4.69) is 42.3 Å². The van der Waals surface area contributed by atoms with Crippen molar-refractivity contribution in [2.75, 3.05) is 25.4 Å². The quantitative estimate of drug-likeness (QED) is 0.784. The molecule has 1 saturated carbocycles. The summed E-state index contributed by atoms with van der Waals surface area (Å²) in [7, 11) is 0. The average Bonchev–Trinajstić information content (AvgIpc) is 3.05. The van der Waals surface area contributed by atoms with Gasteiger partial charge in [0, 0.05) is 36.5 Å². The summed E-state index contributed by atoms with van der Waals surface area (Å²) in [6.45, 7) is 11.2. The van der Waals surface area contributed by atoms with Gasteiger partial charge in [-0.05, 0) is 50.3 Å². The smallest absolute Gasteiger partial charge is 0.0249 e. The zero-order chi connectivity index (χ0) is 14.1. The minimum absolute atomic E-state index is 0.800. The summed E-state index contributed by atoms with van der Waals surface area (Å²) < 4.78 is 0. The molecule has 1 aliphatic carbocycles. The van der Waals surface area contributed by atoms with Gasteiger partial charge in [0.05, 0.1) is 0 Å². The molecule has 0 amide bonds. The van der Waals surface area contributed by atoms with Gasteiger partial charge in [0.2, 0.25) is 0 Å². The summed E-state index contributed by atoms with van der Waals surface area (Å²) >= 11 is 2.20. The Morgan fingerprint density at radius 2 is 1.95 bits per heavy atom. The van der Waals surface area contributed by atoms with Gasteiger partial charge in [-0.15, -0.1) is 0 Å². The van der Waals surface area contributed by atoms with Gasteiger partial charge in [-0.25, -0.2) is 0 Å². The van der Waals surface area contributed by atoms with Crippen molar-refractivity contribution < 1.29 is 0 Å². The van der Waals surface area contributed by atoms with Gasteiger partial charge in [0.15, 0.2) is 0 Å². The normalized spacial score (nSPS) is 39.6. The summed E-state index contributed by atoms with van der Waals surface area (Å²) in [5.74, 6) is 2.09. The Labute approximate surface area is 129 Å². The van der Waals surface area contributed by atoms with Crippen LogP contribution in [-0.2, 0) is 0 Å². The van der Waals surface area contributed by atoms with Crippen LogP contribution in [0, 0.1) is 5.92 Å². The van der Waals surface area contributed by atoms with Crippen molar-refractivity contribution in [3.05, 3.63) is 0 Å². The van der Waals surface area contributed by atoms with Crippen LogP contribution in [0.5, 0.6) is 0 Å². The molecule has 0 bridgehead atoms. The van der Waals surface area contributed by atoms with E-state index >= 15 is 0 Å². The van der Waals surface area contributed by atoms with Crippen LogP contribution >= 0.6 is 11.8 Å². The minimum atomic E-state index is 0.800. The number of hydrogen-bond donors (Lipinski definition) is 0. The molecule has 3 heteroatoms. The number of nitrogens with zero attached hydrogens (tertiary/aromatic N) is 2. The molecule has 0 aromatic carbocycles. The van der Waals surface area contributed by atoms with Crippen LogP contribution in [0.3, 0.4) is 0 Å². The maximum absolute atomic E-state index is 2.94. The Morgan fingerprint density at radius 1 is 1.10 bits per heavy atom. The highest BCUT2D eigenvalue weighted by Crippen LogP contribution is 2.37. The monoisotopic (exact) mass is 296 g/mol. The van der Waals surface area contributed by atoms with Crippen molar-refractivity contribution in [1.82, 2.24) is 9.80 Å². The fraction of sp³-hybridized carbons (Fsp3) is 1.00. The third-order valence-corrected chi connectivity index (χ3v) is 7.00. The van der Waals surface area contributed by atoms with Gasteiger partial charge < -0.3 is 0 Å². The van der Waals surface area contributed by atoms with Crippen LogP contribution in [0.4, 0.5) is 0 Å². The van der Waals surface area contributed by atoms with Gasteiger partial charge in [-0.1, -0.05) is 20.8 Å². The van der Waals surface area contributed by atoms with E-state index in [1.54, 1.807) is 0 Å². The van der Waals surface area contributed by atoms with Crippen LogP contribution in [-0.4, -0.2) is 58.6 Å². The molecule has 0 N–H and O–H groups in total. The summed E-state index contributed by atoms with van der Waals surface area (Å²) in [4.78, 5) is 5.72. The molecule has 3 aliphatic rings. The maximum atomic E-state index is 2.94. The van der Waals surface area contributed by atoms with Crippen LogP contribution in [0.25, 0.3) is 0 Å². The van der Waals surface area contributed by atoms with Crippen molar-refractivity contribution in [3.63, 3.8) is 0 Å². The second-order valence-corrected chi connectivity index (χ2v) is 8.92. The fourth-order valence-corrected chi connectivity index (χ4v) is 5.82. The van der Waals surface area contributed by atoms with Crippen LogP contribution in [0.1, 0.15) is 52.9 Å². The molecule has 0 aromatic rings. The predicted octanol–water partition coefficient (Wildman–Crippen LogP) is 3.47. The van der Waals surface area contributed by atoms with Crippen molar-refractivity contribution in [2.45, 2.75) is 76.3 Å². The van der Waals surface area contributed by atoms with Crippen molar-refractivity contribution in [1.29, 1.82) is 0 Å².